The largest absolute Gasteiger partial charge is 0.478 e. The average Bonchev–Trinajstić information content (AvgIpc) is 2.34. The predicted octanol–water partition coefficient (Wildman–Crippen LogP) is 0.839. The Morgan fingerprint density at radius 2 is 2.16 bits per heavy atom. The number of halogens is 1. The van der Waals surface area contributed by atoms with E-state index in [1.54, 1.807) is 0 Å². The molecule has 0 aliphatic rings. The quantitative estimate of drug-likeness (QED) is 0.726. The van der Waals surface area contributed by atoms with Crippen LogP contribution in [0.1, 0.15) is 16.8 Å². The molecular weight excluding hydrogens is 277 g/mol. The van der Waals surface area contributed by atoms with Crippen molar-refractivity contribution in [2.75, 3.05) is 20.3 Å². The highest BCUT2D eigenvalue weighted by atomic mass is 32.2. The lowest BCUT2D eigenvalue weighted by molar-refractivity contribution is 0.0696. The minimum absolute atomic E-state index is 0.107. The van der Waals surface area contributed by atoms with Gasteiger partial charge in [0.05, 0.1) is 5.56 Å². The zero-order chi connectivity index (χ0) is 14.5. The smallest absolute Gasteiger partial charge is 0.335 e. The van der Waals surface area contributed by atoms with Crippen LogP contribution in [0.3, 0.4) is 0 Å². The van der Waals surface area contributed by atoms with Crippen LogP contribution in [0.4, 0.5) is 4.39 Å². The zero-order valence-electron chi connectivity index (χ0n) is 10.2. The first-order chi connectivity index (χ1) is 8.88. The van der Waals surface area contributed by atoms with Gasteiger partial charge in [-0.3, -0.25) is 0 Å². The second-order valence-corrected chi connectivity index (χ2v) is 5.43. The van der Waals surface area contributed by atoms with Gasteiger partial charge in [-0.25, -0.2) is 22.3 Å². The molecule has 0 heterocycles. The van der Waals surface area contributed by atoms with Crippen molar-refractivity contribution < 1.29 is 27.4 Å². The highest BCUT2D eigenvalue weighted by Gasteiger charge is 2.19. The van der Waals surface area contributed by atoms with Crippen LogP contribution in [-0.4, -0.2) is 39.8 Å². The van der Waals surface area contributed by atoms with E-state index in [2.05, 4.69) is 4.72 Å². The van der Waals surface area contributed by atoms with Gasteiger partial charge in [0, 0.05) is 20.3 Å². The van der Waals surface area contributed by atoms with E-state index in [1.165, 1.54) is 7.11 Å². The van der Waals surface area contributed by atoms with Crippen LogP contribution in [0.5, 0.6) is 0 Å². The molecule has 0 aliphatic heterocycles. The number of aromatic carboxylic acids is 1. The molecule has 0 amide bonds. The molecule has 0 fully saturated rings. The zero-order valence-corrected chi connectivity index (χ0v) is 11.0. The van der Waals surface area contributed by atoms with E-state index in [9.17, 15) is 17.6 Å². The Morgan fingerprint density at radius 3 is 2.68 bits per heavy atom. The summed E-state index contributed by atoms with van der Waals surface area (Å²) in [6, 6.07) is 2.64. The van der Waals surface area contributed by atoms with Crippen molar-refractivity contribution in [3.05, 3.63) is 29.6 Å². The van der Waals surface area contributed by atoms with Gasteiger partial charge >= 0.3 is 5.97 Å². The average molecular weight is 291 g/mol. The minimum Gasteiger partial charge on any atom is -0.478 e. The lowest BCUT2D eigenvalue weighted by Gasteiger charge is -2.07. The van der Waals surface area contributed by atoms with Crippen LogP contribution >= 0.6 is 0 Å². The van der Waals surface area contributed by atoms with Gasteiger partial charge in [-0.15, -0.1) is 0 Å². The molecule has 0 aliphatic carbocycles. The Morgan fingerprint density at radius 1 is 1.47 bits per heavy atom. The van der Waals surface area contributed by atoms with E-state index >= 15 is 0 Å². The molecule has 6 nitrogen and oxygen atoms in total. The number of methoxy groups -OCH3 is 1. The molecule has 8 heteroatoms. The molecule has 0 radical (unpaired) electrons. The second kappa shape index (κ2) is 6.60. The Labute approximate surface area is 110 Å². The van der Waals surface area contributed by atoms with E-state index < -0.39 is 26.7 Å². The molecule has 0 saturated heterocycles. The first-order valence-electron chi connectivity index (χ1n) is 5.40. The normalized spacial score (nSPS) is 11.5. The molecule has 0 atom stereocenters. The van der Waals surface area contributed by atoms with Crippen molar-refractivity contribution in [2.24, 2.45) is 0 Å². The van der Waals surface area contributed by atoms with E-state index in [0.29, 0.717) is 19.1 Å². The van der Waals surface area contributed by atoms with Gasteiger partial charge in [0.1, 0.15) is 10.7 Å². The van der Waals surface area contributed by atoms with Gasteiger partial charge in [0.2, 0.25) is 10.0 Å². The molecule has 0 saturated carbocycles. The molecule has 1 aromatic carbocycles. The maximum atomic E-state index is 13.6. The lowest BCUT2D eigenvalue weighted by Crippen LogP contribution is -2.26. The van der Waals surface area contributed by atoms with Gasteiger partial charge in [0.15, 0.2) is 0 Å². The highest BCUT2D eigenvalue weighted by Crippen LogP contribution is 2.16. The number of hydrogen-bond donors (Lipinski definition) is 2. The Balaban J connectivity index is 2.87. The van der Waals surface area contributed by atoms with Gasteiger partial charge in [0.25, 0.3) is 0 Å². The van der Waals surface area contributed by atoms with Crippen molar-refractivity contribution in [1.29, 1.82) is 0 Å². The fourth-order valence-electron chi connectivity index (χ4n) is 1.35. The van der Waals surface area contributed by atoms with Crippen molar-refractivity contribution in [3.8, 4) is 0 Å². The van der Waals surface area contributed by atoms with Crippen molar-refractivity contribution in [2.45, 2.75) is 11.3 Å². The highest BCUT2D eigenvalue weighted by molar-refractivity contribution is 7.89. The van der Waals surface area contributed by atoms with Gasteiger partial charge in [-0.2, -0.15) is 0 Å². The Kier molecular flexibility index (Phi) is 5.40. The van der Waals surface area contributed by atoms with Crippen LogP contribution in [0.2, 0.25) is 0 Å². The summed E-state index contributed by atoms with van der Waals surface area (Å²) in [5, 5.41) is 8.66. The third-order valence-electron chi connectivity index (χ3n) is 2.29. The van der Waals surface area contributed by atoms with Crippen molar-refractivity contribution >= 4 is 16.0 Å². The topological polar surface area (TPSA) is 92.7 Å². The maximum absolute atomic E-state index is 13.6. The van der Waals surface area contributed by atoms with Crippen LogP contribution < -0.4 is 4.72 Å². The number of nitrogens with one attached hydrogen (secondary N) is 1. The monoisotopic (exact) mass is 291 g/mol. The SMILES string of the molecule is COCCCNS(=O)(=O)c1ccc(C(=O)O)cc1F. The Hall–Kier alpha value is -1.51. The first kappa shape index (κ1) is 15.5. The number of rotatable bonds is 7. The third-order valence-corrected chi connectivity index (χ3v) is 3.78. The third kappa shape index (κ3) is 4.27. The van der Waals surface area contributed by atoms with Crippen molar-refractivity contribution in [3.63, 3.8) is 0 Å². The molecular formula is C11H14FNO5S. The minimum atomic E-state index is -3.99. The lowest BCUT2D eigenvalue weighted by atomic mass is 10.2. The second-order valence-electron chi connectivity index (χ2n) is 3.69. The number of sulfonamides is 1. The summed E-state index contributed by atoms with van der Waals surface area (Å²) in [7, 11) is -2.50. The van der Waals surface area contributed by atoms with E-state index in [-0.39, 0.29) is 12.1 Å². The molecule has 0 bridgehead atoms. The van der Waals surface area contributed by atoms with Crippen LogP contribution in [0.25, 0.3) is 0 Å². The summed E-state index contributed by atoms with van der Waals surface area (Å²) >= 11 is 0. The fourth-order valence-corrected chi connectivity index (χ4v) is 2.48. The van der Waals surface area contributed by atoms with E-state index in [1.807, 2.05) is 0 Å². The maximum Gasteiger partial charge on any atom is 0.335 e. The van der Waals surface area contributed by atoms with Gasteiger partial charge < -0.3 is 9.84 Å². The Bertz CT molecular complexity index is 558. The van der Waals surface area contributed by atoms with E-state index in [4.69, 9.17) is 9.84 Å². The number of benzene rings is 1. The first-order valence-corrected chi connectivity index (χ1v) is 6.88. The van der Waals surface area contributed by atoms with Crippen molar-refractivity contribution in [1.82, 2.24) is 4.72 Å². The fraction of sp³-hybridized carbons (Fsp3) is 0.364. The molecule has 0 spiro atoms. The number of ether oxygens (including phenoxy) is 1. The van der Waals surface area contributed by atoms with Crippen LogP contribution in [-0.2, 0) is 14.8 Å². The summed E-state index contributed by atoms with van der Waals surface area (Å²) in [6.07, 6.45) is 0.449. The predicted molar refractivity (Wildman–Crippen MR) is 65.0 cm³/mol. The molecule has 0 aromatic heterocycles. The molecule has 106 valence electrons. The molecule has 19 heavy (non-hydrogen) atoms. The molecule has 1 rings (SSSR count). The summed E-state index contributed by atoms with van der Waals surface area (Å²) in [6.45, 7) is 0.485. The summed E-state index contributed by atoms with van der Waals surface area (Å²) < 4.78 is 44.0. The number of carboxylic acid groups (broad SMARTS) is 1. The van der Waals surface area contributed by atoms with Crippen LogP contribution in [0.15, 0.2) is 23.1 Å². The number of hydrogen-bond acceptors (Lipinski definition) is 4. The summed E-state index contributed by atoms with van der Waals surface area (Å²) in [5.74, 6) is -2.42. The molecule has 2 N–H and O–H groups in total. The standard InChI is InChI=1S/C11H14FNO5S/c1-18-6-2-5-13-19(16,17)10-4-3-8(11(14)15)7-9(10)12/h3-4,7,13H,2,5-6H2,1H3,(H,14,15). The number of carboxylic acids is 1. The van der Waals surface area contributed by atoms with Gasteiger partial charge in [-0.1, -0.05) is 0 Å². The van der Waals surface area contributed by atoms with Gasteiger partial charge in [-0.05, 0) is 24.6 Å². The van der Waals surface area contributed by atoms with E-state index in [0.717, 1.165) is 12.1 Å². The summed E-state index contributed by atoms with van der Waals surface area (Å²) in [5.41, 5.74) is -0.309. The van der Waals surface area contributed by atoms with Crippen LogP contribution in [0, 0.1) is 5.82 Å². The molecule has 0 unspecified atom stereocenters. The summed E-state index contributed by atoms with van der Waals surface area (Å²) in [4.78, 5) is 10.0. The number of carbonyl (C=O) groups is 1. The molecule has 1 aromatic rings.